The lowest BCUT2D eigenvalue weighted by Gasteiger charge is -2.19. The second-order valence-electron chi connectivity index (χ2n) is 5.75. The minimum atomic E-state index is 0.0994. The fraction of sp³-hybridized carbons (Fsp3) is 0.562. The van der Waals surface area contributed by atoms with Crippen molar-refractivity contribution >= 4 is 5.78 Å². The predicted octanol–water partition coefficient (Wildman–Crippen LogP) is 2.99. The zero-order valence-corrected chi connectivity index (χ0v) is 12.3. The Labute approximate surface area is 115 Å². The highest BCUT2D eigenvalue weighted by atomic mass is 16.5. The van der Waals surface area contributed by atoms with Gasteiger partial charge in [0, 0.05) is 24.2 Å². The van der Waals surface area contributed by atoms with Gasteiger partial charge in [0.2, 0.25) is 0 Å². The molecule has 0 aliphatic heterocycles. The standard InChI is InChI=1S/C16H23NO2/c1-11-7-14(11)9-17(3)10-15-8-13(12(2)18)5-6-16(15)19-4/h5-6,8,11,14H,7,9-10H2,1-4H3. The van der Waals surface area contributed by atoms with Crippen molar-refractivity contribution < 1.29 is 9.53 Å². The molecule has 1 aromatic rings. The first-order chi connectivity index (χ1) is 9.01. The van der Waals surface area contributed by atoms with Gasteiger partial charge >= 0.3 is 0 Å². The molecule has 0 bridgehead atoms. The fourth-order valence-electron chi connectivity index (χ4n) is 2.53. The summed E-state index contributed by atoms with van der Waals surface area (Å²) < 4.78 is 5.38. The Bertz CT molecular complexity index is 470. The second kappa shape index (κ2) is 5.74. The molecule has 2 rings (SSSR count). The Morgan fingerprint density at radius 2 is 2.16 bits per heavy atom. The molecule has 1 aromatic carbocycles. The third kappa shape index (κ3) is 3.57. The van der Waals surface area contributed by atoms with E-state index in [1.165, 1.54) is 6.42 Å². The van der Waals surface area contributed by atoms with E-state index in [-0.39, 0.29) is 5.78 Å². The molecule has 2 unspecified atom stereocenters. The Morgan fingerprint density at radius 3 is 2.68 bits per heavy atom. The quantitative estimate of drug-likeness (QED) is 0.737. The van der Waals surface area contributed by atoms with Crippen LogP contribution in [0.2, 0.25) is 0 Å². The molecule has 0 spiro atoms. The normalized spacial score (nSPS) is 21.5. The summed E-state index contributed by atoms with van der Waals surface area (Å²) >= 11 is 0. The summed E-state index contributed by atoms with van der Waals surface area (Å²) in [7, 11) is 3.81. The van der Waals surface area contributed by atoms with E-state index in [2.05, 4.69) is 18.9 Å². The first kappa shape index (κ1) is 14.1. The Balaban J connectivity index is 2.08. The second-order valence-corrected chi connectivity index (χ2v) is 5.75. The molecule has 0 saturated heterocycles. The predicted molar refractivity (Wildman–Crippen MR) is 76.6 cm³/mol. The number of carbonyl (C=O) groups excluding carboxylic acids is 1. The third-order valence-corrected chi connectivity index (χ3v) is 3.95. The summed E-state index contributed by atoms with van der Waals surface area (Å²) in [5.41, 5.74) is 1.84. The number of Topliss-reactive ketones (excluding diaryl/α,β-unsaturated/α-hetero) is 1. The van der Waals surface area contributed by atoms with Crippen LogP contribution < -0.4 is 4.74 Å². The topological polar surface area (TPSA) is 29.5 Å². The van der Waals surface area contributed by atoms with Gasteiger partial charge < -0.3 is 9.64 Å². The van der Waals surface area contributed by atoms with E-state index in [0.717, 1.165) is 41.8 Å². The van der Waals surface area contributed by atoms with Crippen molar-refractivity contribution in [1.29, 1.82) is 0 Å². The molecular weight excluding hydrogens is 238 g/mol. The number of ketones is 1. The first-order valence-corrected chi connectivity index (χ1v) is 6.87. The molecule has 19 heavy (non-hydrogen) atoms. The lowest BCUT2D eigenvalue weighted by Crippen LogP contribution is -2.21. The van der Waals surface area contributed by atoms with E-state index in [4.69, 9.17) is 4.74 Å². The maximum absolute atomic E-state index is 11.5. The molecule has 0 heterocycles. The van der Waals surface area contributed by atoms with Crippen LogP contribution in [0.1, 0.15) is 36.2 Å². The van der Waals surface area contributed by atoms with Crippen LogP contribution in [0.4, 0.5) is 0 Å². The SMILES string of the molecule is COc1ccc(C(C)=O)cc1CN(C)CC1CC1C. The molecule has 1 saturated carbocycles. The lowest BCUT2D eigenvalue weighted by atomic mass is 10.1. The van der Waals surface area contributed by atoms with Crippen molar-refractivity contribution in [3.8, 4) is 5.75 Å². The van der Waals surface area contributed by atoms with E-state index >= 15 is 0 Å². The fourth-order valence-corrected chi connectivity index (χ4v) is 2.53. The molecule has 0 radical (unpaired) electrons. The maximum Gasteiger partial charge on any atom is 0.159 e. The average Bonchev–Trinajstić information content (AvgIpc) is 3.04. The molecule has 0 aromatic heterocycles. The van der Waals surface area contributed by atoms with Crippen LogP contribution in [-0.2, 0) is 6.54 Å². The van der Waals surface area contributed by atoms with Crippen LogP contribution >= 0.6 is 0 Å². The minimum absolute atomic E-state index is 0.0994. The molecule has 0 N–H and O–H groups in total. The number of carbonyl (C=O) groups is 1. The van der Waals surface area contributed by atoms with Gasteiger partial charge in [0.25, 0.3) is 0 Å². The van der Waals surface area contributed by atoms with Crippen molar-refractivity contribution in [3.05, 3.63) is 29.3 Å². The van der Waals surface area contributed by atoms with Crippen LogP contribution in [0.5, 0.6) is 5.75 Å². The Kier molecular flexibility index (Phi) is 4.25. The molecule has 1 aliphatic rings. The molecule has 3 nitrogen and oxygen atoms in total. The summed E-state index contributed by atoms with van der Waals surface area (Å²) in [4.78, 5) is 13.8. The minimum Gasteiger partial charge on any atom is -0.496 e. The summed E-state index contributed by atoms with van der Waals surface area (Å²) in [6, 6.07) is 5.67. The van der Waals surface area contributed by atoms with Crippen LogP contribution in [0.25, 0.3) is 0 Å². The van der Waals surface area contributed by atoms with Gasteiger partial charge in [0.1, 0.15) is 5.75 Å². The van der Waals surface area contributed by atoms with Gasteiger partial charge in [-0.1, -0.05) is 6.92 Å². The van der Waals surface area contributed by atoms with Crippen molar-refractivity contribution in [1.82, 2.24) is 4.90 Å². The Hall–Kier alpha value is -1.35. The van der Waals surface area contributed by atoms with Gasteiger partial charge in [0.05, 0.1) is 7.11 Å². The first-order valence-electron chi connectivity index (χ1n) is 6.87. The molecule has 0 amide bonds. The van der Waals surface area contributed by atoms with Crippen LogP contribution in [-0.4, -0.2) is 31.4 Å². The highest BCUT2D eigenvalue weighted by Gasteiger charge is 2.33. The molecular formula is C16H23NO2. The van der Waals surface area contributed by atoms with Crippen molar-refractivity contribution in [2.24, 2.45) is 11.8 Å². The van der Waals surface area contributed by atoms with Gasteiger partial charge in [0.15, 0.2) is 5.78 Å². The summed E-state index contributed by atoms with van der Waals surface area (Å²) in [6.45, 7) is 5.85. The van der Waals surface area contributed by atoms with Crippen molar-refractivity contribution in [2.45, 2.75) is 26.8 Å². The number of ether oxygens (including phenoxy) is 1. The Morgan fingerprint density at radius 1 is 1.47 bits per heavy atom. The highest BCUT2D eigenvalue weighted by molar-refractivity contribution is 5.94. The lowest BCUT2D eigenvalue weighted by molar-refractivity contribution is 0.101. The number of hydrogen-bond acceptors (Lipinski definition) is 3. The van der Waals surface area contributed by atoms with Gasteiger partial charge in [-0.3, -0.25) is 4.79 Å². The van der Waals surface area contributed by atoms with Crippen molar-refractivity contribution in [2.75, 3.05) is 20.7 Å². The molecule has 1 fully saturated rings. The van der Waals surface area contributed by atoms with E-state index in [0.29, 0.717) is 0 Å². The highest BCUT2D eigenvalue weighted by Crippen LogP contribution is 2.38. The molecule has 3 heteroatoms. The van der Waals surface area contributed by atoms with E-state index in [1.807, 2.05) is 18.2 Å². The van der Waals surface area contributed by atoms with E-state index < -0.39 is 0 Å². The number of nitrogens with zero attached hydrogens (tertiary/aromatic N) is 1. The smallest absolute Gasteiger partial charge is 0.159 e. The average molecular weight is 261 g/mol. The van der Waals surface area contributed by atoms with Crippen LogP contribution in [0, 0.1) is 11.8 Å². The zero-order chi connectivity index (χ0) is 14.0. The number of methoxy groups -OCH3 is 1. The monoisotopic (exact) mass is 261 g/mol. The number of hydrogen-bond donors (Lipinski definition) is 0. The maximum atomic E-state index is 11.5. The van der Waals surface area contributed by atoms with Gasteiger partial charge in [-0.15, -0.1) is 0 Å². The summed E-state index contributed by atoms with van der Waals surface area (Å²) in [5.74, 6) is 2.67. The zero-order valence-electron chi connectivity index (χ0n) is 12.3. The van der Waals surface area contributed by atoms with Gasteiger partial charge in [-0.05, 0) is 50.4 Å². The van der Waals surface area contributed by atoms with Crippen LogP contribution in [0.15, 0.2) is 18.2 Å². The summed E-state index contributed by atoms with van der Waals surface area (Å²) in [5, 5.41) is 0. The molecule has 1 aliphatic carbocycles. The number of rotatable bonds is 6. The van der Waals surface area contributed by atoms with E-state index in [9.17, 15) is 4.79 Å². The summed E-state index contributed by atoms with van der Waals surface area (Å²) in [6.07, 6.45) is 1.34. The largest absolute Gasteiger partial charge is 0.496 e. The molecule has 104 valence electrons. The van der Waals surface area contributed by atoms with Crippen LogP contribution in [0.3, 0.4) is 0 Å². The third-order valence-electron chi connectivity index (χ3n) is 3.95. The van der Waals surface area contributed by atoms with Gasteiger partial charge in [-0.25, -0.2) is 0 Å². The molecule has 2 atom stereocenters. The van der Waals surface area contributed by atoms with E-state index in [1.54, 1.807) is 14.0 Å². The number of benzene rings is 1. The van der Waals surface area contributed by atoms with Gasteiger partial charge in [-0.2, -0.15) is 0 Å². The van der Waals surface area contributed by atoms with Crippen molar-refractivity contribution in [3.63, 3.8) is 0 Å².